The highest BCUT2D eigenvalue weighted by atomic mass is 16.3. The molecule has 1 heterocycles. The molecule has 1 fully saturated rings. The third-order valence-electron chi connectivity index (χ3n) is 2.93. The standard InChI is InChI=1S/C13H24N2O3/c1-9(2)5-14-6-11(16)7-15(8-12(14)17)13(18)10(3)4/h9-11,16H,5-8H2,1-4H3. The lowest BCUT2D eigenvalue weighted by atomic mass is 10.2. The van der Waals surface area contributed by atoms with Gasteiger partial charge in [-0.2, -0.15) is 0 Å². The van der Waals surface area contributed by atoms with Gasteiger partial charge in [-0.3, -0.25) is 9.59 Å². The van der Waals surface area contributed by atoms with Crippen molar-refractivity contribution in [2.24, 2.45) is 11.8 Å². The van der Waals surface area contributed by atoms with Crippen LogP contribution in [0.2, 0.25) is 0 Å². The molecule has 1 rings (SSSR count). The predicted octanol–water partition coefficient (Wildman–Crippen LogP) is 0.330. The van der Waals surface area contributed by atoms with E-state index < -0.39 is 6.10 Å². The summed E-state index contributed by atoms with van der Waals surface area (Å²) in [4.78, 5) is 27.1. The van der Waals surface area contributed by atoms with Crippen LogP contribution < -0.4 is 0 Å². The summed E-state index contributed by atoms with van der Waals surface area (Å²) < 4.78 is 0. The van der Waals surface area contributed by atoms with Crippen molar-refractivity contribution in [3.63, 3.8) is 0 Å². The molecule has 2 amide bonds. The summed E-state index contributed by atoms with van der Waals surface area (Å²) in [5.41, 5.74) is 0. The van der Waals surface area contributed by atoms with Crippen molar-refractivity contribution in [3.8, 4) is 0 Å². The molecule has 0 aromatic rings. The van der Waals surface area contributed by atoms with Crippen LogP contribution in [0.4, 0.5) is 0 Å². The first-order valence-electron chi connectivity index (χ1n) is 6.55. The number of carbonyl (C=O) groups is 2. The third-order valence-corrected chi connectivity index (χ3v) is 2.93. The molecule has 0 saturated carbocycles. The Morgan fingerprint density at radius 1 is 1.33 bits per heavy atom. The summed E-state index contributed by atoms with van der Waals surface area (Å²) in [5.74, 6) is 0.0539. The molecule has 1 aliphatic rings. The molecule has 0 radical (unpaired) electrons. The SMILES string of the molecule is CC(C)CN1CC(O)CN(C(=O)C(C)C)CC1=O. The summed E-state index contributed by atoms with van der Waals surface area (Å²) in [6, 6.07) is 0. The van der Waals surface area contributed by atoms with Gasteiger partial charge in [-0.25, -0.2) is 0 Å². The average Bonchev–Trinajstić information content (AvgIpc) is 2.37. The molecule has 0 aromatic carbocycles. The molecule has 0 spiro atoms. The summed E-state index contributed by atoms with van der Waals surface area (Å²) in [6.45, 7) is 8.94. The molecule has 5 heteroatoms. The van der Waals surface area contributed by atoms with Crippen molar-refractivity contribution in [2.75, 3.05) is 26.2 Å². The van der Waals surface area contributed by atoms with Crippen molar-refractivity contribution < 1.29 is 14.7 Å². The van der Waals surface area contributed by atoms with E-state index in [1.165, 1.54) is 4.90 Å². The van der Waals surface area contributed by atoms with E-state index in [2.05, 4.69) is 0 Å². The third kappa shape index (κ3) is 3.98. The van der Waals surface area contributed by atoms with Crippen molar-refractivity contribution in [3.05, 3.63) is 0 Å². The first-order chi connectivity index (χ1) is 8.31. The minimum atomic E-state index is -0.655. The Balaban J connectivity index is 2.75. The monoisotopic (exact) mass is 256 g/mol. The number of aliphatic hydroxyl groups is 1. The number of rotatable bonds is 3. The molecule has 1 N–H and O–H groups in total. The van der Waals surface area contributed by atoms with Gasteiger partial charge in [0.15, 0.2) is 0 Å². The van der Waals surface area contributed by atoms with Gasteiger partial charge >= 0.3 is 0 Å². The van der Waals surface area contributed by atoms with Gasteiger partial charge in [0.2, 0.25) is 11.8 Å². The van der Waals surface area contributed by atoms with Gasteiger partial charge in [0.25, 0.3) is 0 Å². The van der Waals surface area contributed by atoms with Crippen LogP contribution in [0.25, 0.3) is 0 Å². The molecule has 18 heavy (non-hydrogen) atoms. The number of amides is 2. The topological polar surface area (TPSA) is 60.9 Å². The summed E-state index contributed by atoms with van der Waals surface area (Å²) in [6.07, 6.45) is -0.655. The second kappa shape index (κ2) is 6.18. The Labute approximate surface area is 109 Å². The fraction of sp³-hybridized carbons (Fsp3) is 0.846. The fourth-order valence-electron chi connectivity index (χ4n) is 2.15. The summed E-state index contributed by atoms with van der Waals surface area (Å²) in [7, 11) is 0. The van der Waals surface area contributed by atoms with Crippen LogP contribution in [0.5, 0.6) is 0 Å². The predicted molar refractivity (Wildman–Crippen MR) is 68.8 cm³/mol. The highest BCUT2D eigenvalue weighted by molar-refractivity contribution is 5.86. The van der Waals surface area contributed by atoms with Crippen molar-refractivity contribution >= 4 is 11.8 Å². The van der Waals surface area contributed by atoms with Crippen LogP contribution in [0, 0.1) is 11.8 Å². The largest absolute Gasteiger partial charge is 0.389 e. The van der Waals surface area contributed by atoms with E-state index in [-0.39, 0.29) is 30.8 Å². The smallest absolute Gasteiger partial charge is 0.242 e. The minimum Gasteiger partial charge on any atom is -0.389 e. The van der Waals surface area contributed by atoms with Crippen LogP contribution in [0.3, 0.4) is 0 Å². The zero-order valence-electron chi connectivity index (χ0n) is 11.7. The summed E-state index contributed by atoms with van der Waals surface area (Å²) in [5, 5.41) is 9.90. The van der Waals surface area contributed by atoms with Crippen molar-refractivity contribution in [1.29, 1.82) is 0 Å². The van der Waals surface area contributed by atoms with E-state index in [0.717, 1.165) is 0 Å². The van der Waals surface area contributed by atoms with E-state index in [0.29, 0.717) is 19.0 Å². The molecule has 0 bridgehead atoms. The maximum Gasteiger partial charge on any atom is 0.242 e. The van der Waals surface area contributed by atoms with E-state index in [9.17, 15) is 14.7 Å². The van der Waals surface area contributed by atoms with Gasteiger partial charge < -0.3 is 14.9 Å². The Hall–Kier alpha value is -1.10. The van der Waals surface area contributed by atoms with Crippen molar-refractivity contribution in [2.45, 2.75) is 33.8 Å². The highest BCUT2D eigenvalue weighted by Crippen LogP contribution is 2.11. The van der Waals surface area contributed by atoms with Gasteiger partial charge in [0.05, 0.1) is 12.6 Å². The van der Waals surface area contributed by atoms with Crippen LogP contribution in [0.15, 0.2) is 0 Å². The average molecular weight is 256 g/mol. The number of aliphatic hydroxyl groups excluding tert-OH is 1. The minimum absolute atomic E-state index is 0.0748. The maximum atomic E-state index is 12.1. The molecule has 1 unspecified atom stereocenters. The maximum absolute atomic E-state index is 12.1. The molecule has 1 saturated heterocycles. The van der Waals surface area contributed by atoms with Crippen LogP contribution in [-0.2, 0) is 9.59 Å². The second-order valence-corrected chi connectivity index (χ2v) is 5.72. The second-order valence-electron chi connectivity index (χ2n) is 5.72. The number of carbonyl (C=O) groups excluding carboxylic acids is 2. The molecule has 0 aliphatic carbocycles. The van der Waals surface area contributed by atoms with Crippen LogP contribution >= 0.6 is 0 Å². The zero-order valence-corrected chi connectivity index (χ0v) is 11.7. The summed E-state index contributed by atoms with van der Waals surface area (Å²) >= 11 is 0. The number of hydrogen-bond donors (Lipinski definition) is 1. The Bertz CT molecular complexity index is 315. The Morgan fingerprint density at radius 3 is 2.44 bits per heavy atom. The lowest BCUT2D eigenvalue weighted by molar-refractivity contribution is -0.140. The number of nitrogens with zero attached hydrogens (tertiary/aromatic N) is 2. The molecule has 0 aromatic heterocycles. The van der Waals surface area contributed by atoms with Crippen molar-refractivity contribution in [1.82, 2.24) is 9.80 Å². The fourth-order valence-corrected chi connectivity index (χ4v) is 2.15. The van der Waals surface area contributed by atoms with Gasteiger partial charge in [-0.15, -0.1) is 0 Å². The van der Waals surface area contributed by atoms with E-state index in [4.69, 9.17) is 0 Å². The normalized spacial score (nSPS) is 21.7. The molecule has 104 valence electrons. The van der Waals surface area contributed by atoms with Gasteiger partial charge in [0, 0.05) is 25.6 Å². The molecule has 1 atom stereocenters. The van der Waals surface area contributed by atoms with Gasteiger partial charge in [-0.05, 0) is 5.92 Å². The molecule has 1 aliphatic heterocycles. The molecular formula is C13H24N2O3. The first kappa shape index (κ1) is 15.0. The van der Waals surface area contributed by atoms with E-state index in [1.54, 1.807) is 18.7 Å². The van der Waals surface area contributed by atoms with Gasteiger partial charge in [-0.1, -0.05) is 27.7 Å². The van der Waals surface area contributed by atoms with Crippen LogP contribution in [-0.4, -0.2) is 59.0 Å². The Morgan fingerprint density at radius 2 is 1.94 bits per heavy atom. The zero-order chi connectivity index (χ0) is 13.9. The first-order valence-corrected chi connectivity index (χ1v) is 6.55. The molecule has 5 nitrogen and oxygen atoms in total. The van der Waals surface area contributed by atoms with E-state index >= 15 is 0 Å². The van der Waals surface area contributed by atoms with E-state index in [1.807, 2.05) is 13.8 Å². The highest BCUT2D eigenvalue weighted by Gasteiger charge is 2.30. The number of β-amino-alcohol motifs (C(OH)–C–C–N with tert-alkyl or cyclic N) is 1. The quantitative estimate of drug-likeness (QED) is 0.791. The lowest BCUT2D eigenvalue weighted by Gasteiger charge is -2.23. The lowest BCUT2D eigenvalue weighted by Crippen LogP contribution is -2.41. The Kier molecular flexibility index (Phi) is 5.14. The molecular weight excluding hydrogens is 232 g/mol. The van der Waals surface area contributed by atoms with Gasteiger partial charge in [0.1, 0.15) is 0 Å². The van der Waals surface area contributed by atoms with Crippen LogP contribution in [0.1, 0.15) is 27.7 Å². The number of hydrogen-bond acceptors (Lipinski definition) is 3.